The molecule has 30 heavy (non-hydrogen) atoms. The van der Waals surface area contributed by atoms with Gasteiger partial charge in [-0.2, -0.15) is 9.90 Å². The number of methoxy groups -OCH3 is 1. The SMILES string of the molecule is COC1C[C@]2(C)c3nc(-c4cnn(C)c4)n(-c4nnn(C)n4)c3CC[C@H]2[C@H](C)C1=O. The van der Waals surface area contributed by atoms with Crippen LogP contribution in [0.2, 0.25) is 0 Å². The fourth-order valence-electron chi connectivity index (χ4n) is 5.46. The van der Waals surface area contributed by atoms with E-state index in [4.69, 9.17) is 9.72 Å². The molecular formula is C20H26N8O2. The highest BCUT2D eigenvalue weighted by atomic mass is 16.5. The lowest BCUT2D eigenvalue weighted by atomic mass is 9.56. The number of carbonyl (C=O) groups is 1. The van der Waals surface area contributed by atoms with Crippen molar-refractivity contribution in [3.63, 3.8) is 0 Å². The molecule has 10 heteroatoms. The van der Waals surface area contributed by atoms with Gasteiger partial charge in [0.05, 0.1) is 24.5 Å². The van der Waals surface area contributed by atoms with Crippen LogP contribution in [0.5, 0.6) is 0 Å². The predicted octanol–water partition coefficient (Wildman–Crippen LogP) is 1.24. The molecule has 1 unspecified atom stereocenters. The number of hydrogen-bond donors (Lipinski definition) is 0. The molecule has 2 aliphatic rings. The number of aryl methyl sites for hydroxylation is 2. The molecule has 0 saturated heterocycles. The Balaban J connectivity index is 1.73. The first-order valence-electron chi connectivity index (χ1n) is 10.3. The molecule has 10 nitrogen and oxygen atoms in total. The molecule has 0 N–H and O–H groups in total. The standard InChI is InChI=1S/C20H26N8O2/c1-11-13-6-7-14-17(20(13,2)8-15(30-5)16(11)29)22-18(12-9-21-26(3)10-12)28(14)19-23-25-27(4)24-19/h9-11,13,15H,6-8H2,1-5H3/t11-,13-,15?,20-/m0/s1. The molecule has 1 saturated carbocycles. The van der Waals surface area contributed by atoms with Crippen LogP contribution in [0, 0.1) is 11.8 Å². The van der Waals surface area contributed by atoms with Crippen LogP contribution in [-0.2, 0) is 35.5 Å². The minimum absolute atomic E-state index is 0.0662. The van der Waals surface area contributed by atoms with Gasteiger partial charge in [0, 0.05) is 37.4 Å². The quantitative estimate of drug-likeness (QED) is 0.639. The van der Waals surface area contributed by atoms with Gasteiger partial charge in [-0.25, -0.2) is 4.98 Å². The molecule has 0 spiro atoms. The third kappa shape index (κ3) is 2.59. The van der Waals surface area contributed by atoms with Gasteiger partial charge in [0.25, 0.3) is 5.95 Å². The van der Waals surface area contributed by atoms with Crippen molar-refractivity contribution in [2.24, 2.45) is 25.9 Å². The number of tetrazole rings is 1. The Labute approximate surface area is 174 Å². The summed E-state index contributed by atoms with van der Waals surface area (Å²) in [7, 11) is 5.25. The molecule has 3 aromatic heterocycles. The summed E-state index contributed by atoms with van der Waals surface area (Å²) in [6.07, 6.45) is 5.66. The van der Waals surface area contributed by atoms with Crippen LogP contribution in [-0.4, -0.2) is 58.5 Å². The summed E-state index contributed by atoms with van der Waals surface area (Å²) < 4.78 is 9.34. The number of ether oxygens (including phenoxy) is 1. The van der Waals surface area contributed by atoms with Crippen molar-refractivity contribution in [2.45, 2.75) is 44.6 Å². The third-order valence-electron chi connectivity index (χ3n) is 6.95. The lowest BCUT2D eigenvalue weighted by molar-refractivity contribution is -0.143. The van der Waals surface area contributed by atoms with Gasteiger partial charge in [-0.05, 0) is 30.4 Å². The number of fused-ring (bicyclic) bond motifs is 3. The number of hydrogen-bond acceptors (Lipinski definition) is 7. The predicted molar refractivity (Wildman–Crippen MR) is 107 cm³/mol. The van der Waals surface area contributed by atoms with Crippen LogP contribution >= 0.6 is 0 Å². The molecule has 0 aromatic carbocycles. The zero-order chi connectivity index (χ0) is 21.2. The zero-order valence-corrected chi connectivity index (χ0v) is 17.9. The second-order valence-corrected chi connectivity index (χ2v) is 8.73. The summed E-state index contributed by atoms with van der Waals surface area (Å²) in [5, 5.41) is 17.1. The Morgan fingerprint density at radius 2 is 2.10 bits per heavy atom. The molecule has 4 atom stereocenters. The first-order chi connectivity index (χ1) is 14.3. The van der Waals surface area contributed by atoms with Crippen molar-refractivity contribution < 1.29 is 9.53 Å². The molecule has 3 heterocycles. The number of nitrogens with zero attached hydrogens (tertiary/aromatic N) is 8. The van der Waals surface area contributed by atoms with Crippen LogP contribution in [0.1, 0.15) is 38.1 Å². The highest BCUT2D eigenvalue weighted by Gasteiger charge is 2.54. The first-order valence-corrected chi connectivity index (χ1v) is 10.3. The second kappa shape index (κ2) is 6.56. The van der Waals surface area contributed by atoms with E-state index in [0.717, 1.165) is 35.6 Å². The van der Waals surface area contributed by atoms with Crippen molar-refractivity contribution in [3.05, 3.63) is 23.8 Å². The van der Waals surface area contributed by atoms with Crippen LogP contribution < -0.4 is 0 Å². The van der Waals surface area contributed by atoms with E-state index in [1.165, 1.54) is 4.80 Å². The molecule has 158 valence electrons. The largest absolute Gasteiger partial charge is 0.374 e. The maximum Gasteiger partial charge on any atom is 0.276 e. The maximum absolute atomic E-state index is 12.8. The van der Waals surface area contributed by atoms with Gasteiger partial charge in [0.2, 0.25) is 0 Å². The van der Waals surface area contributed by atoms with E-state index in [-0.39, 0.29) is 23.0 Å². The second-order valence-electron chi connectivity index (χ2n) is 8.73. The molecule has 2 aliphatic carbocycles. The van der Waals surface area contributed by atoms with E-state index in [9.17, 15) is 4.79 Å². The van der Waals surface area contributed by atoms with Crippen molar-refractivity contribution in [1.29, 1.82) is 0 Å². The van der Waals surface area contributed by atoms with Crippen LogP contribution in [0.15, 0.2) is 12.4 Å². The fourth-order valence-corrected chi connectivity index (χ4v) is 5.46. The number of ketones is 1. The third-order valence-corrected chi connectivity index (χ3v) is 6.95. The molecule has 0 amide bonds. The highest BCUT2D eigenvalue weighted by molar-refractivity contribution is 5.87. The van der Waals surface area contributed by atoms with Gasteiger partial charge in [-0.15, -0.1) is 5.10 Å². The van der Waals surface area contributed by atoms with Gasteiger partial charge in [-0.3, -0.25) is 14.0 Å². The van der Waals surface area contributed by atoms with Crippen molar-refractivity contribution >= 4 is 5.78 Å². The van der Waals surface area contributed by atoms with Gasteiger partial charge in [-0.1, -0.05) is 18.9 Å². The lowest BCUT2D eigenvalue weighted by Crippen LogP contribution is -2.53. The summed E-state index contributed by atoms with van der Waals surface area (Å²) in [6, 6.07) is 0. The number of carbonyl (C=O) groups excluding carboxylic acids is 1. The summed E-state index contributed by atoms with van der Waals surface area (Å²) in [5.41, 5.74) is 2.71. The molecule has 1 fully saturated rings. The Hall–Kier alpha value is -2.88. The normalized spacial score (nSPS) is 28.4. The van der Waals surface area contributed by atoms with E-state index in [0.29, 0.717) is 12.4 Å². The molecule has 0 radical (unpaired) electrons. The monoisotopic (exact) mass is 410 g/mol. The van der Waals surface area contributed by atoms with Crippen molar-refractivity contribution in [1.82, 2.24) is 39.5 Å². The fraction of sp³-hybridized carbons (Fsp3) is 0.600. The average Bonchev–Trinajstić information content (AvgIpc) is 3.42. The highest BCUT2D eigenvalue weighted by Crippen LogP contribution is 2.52. The molecule has 5 rings (SSSR count). The minimum Gasteiger partial charge on any atom is -0.374 e. The number of Topliss-reactive ketones (excluding diaryl/α,β-unsaturated/α-hetero) is 1. The summed E-state index contributed by atoms with van der Waals surface area (Å²) in [5.74, 6) is 1.61. The van der Waals surface area contributed by atoms with E-state index in [2.05, 4.69) is 27.4 Å². The van der Waals surface area contributed by atoms with Crippen molar-refractivity contribution in [3.8, 4) is 17.3 Å². The Bertz CT molecular complexity index is 1130. The Kier molecular flexibility index (Phi) is 4.18. The van der Waals surface area contributed by atoms with E-state index in [1.54, 1.807) is 25.0 Å². The lowest BCUT2D eigenvalue weighted by Gasteiger charge is -2.48. The number of imidazole rings is 1. The summed E-state index contributed by atoms with van der Waals surface area (Å²) in [4.78, 5) is 19.4. The average molecular weight is 410 g/mol. The van der Waals surface area contributed by atoms with Crippen molar-refractivity contribution in [2.75, 3.05) is 7.11 Å². The smallest absolute Gasteiger partial charge is 0.276 e. The first kappa shape index (κ1) is 19.1. The van der Waals surface area contributed by atoms with Gasteiger partial charge < -0.3 is 4.74 Å². The molecule has 3 aromatic rings. The Morgan fingerprint density at radius 1 is 1.30 bits per heavy atom. The summed E-state index contributed by atoms with van der Waals surface area (Å²) in [6.45, 7) is 4.25. The minimum atomic E-state index is -0.408. The molecule has 0 bridgehead atoms. The maximum atomic E-state index is 12.8. The van der Waals surface area contributed by atoms with Gasteiger partial charge >= 0.3 is 0 Å². The van der Waals surface area contributed by atoms with E-state index < -0.39 is 6.10 Å². The van der Waals surface area contributed by atoms with E-state index in [1.807, 2.05) is 24.7 Å². The molecule has 0 aliphatic heterocycles. The van der Waals surface area contributed by atoms with Crippen LogP contribution in [0.25, 0.3) is 17.3 Å². The van der Waals surface area contributed by atoms with E-state index >= 15 is 0 Å². The zero-order valence-electron chi connectivity index (χ0n) is 17.9. The van der Waals surface area contributed by atoms with Crippen LogP contribution in [0.3, 0.4) is 0 Å². The number of rotatable bonds is 3. The molecular weight excluding hydrogens is 384 g/mol. The summed E-state index contributed by atoms with van der Waals surface area (Å²) >= 11 is 0. The number of aromatic nitrogens is 8. The topological polar surface area (TPSA) is 106 Å². The van der Waals surface area contributed by atoms with Gasteiger partial charge in [0.1, 0.15) is 6.10 Å². The van der Waals surface area contributed by atoms with Gasteiger partial charge in [0.15, 0.2) is 11.6 Å². The Morgan fingerprint density at radius 3 is 2.73 bits per heavy atom. The van der Waals surface area contributed by atoms with Crippen LogP contribution in [0.4, 0.5) is 0 Å².